The smallest absolute Gasteiger partial charge is 0.244 e. The Morgan fingerprint density at radius 3 is 2.44 bits per heavy atom. The van der Waals surface area contributed by atoms with Crippen molar-refractivity contribution < 1.29 is 17.6 Å². The number of sulfonamides is 1. The highest BCUT2D eigenvalue weighted by molar-refractivity contribution is 7.89. The molecule has 0 aliphatic carbocycles. The Labute approximate surface area is 190 Å². The fraction of sp³-hybridized carbons (Fsp3) is 0.318. The first-order valence-corrected chi connectivity index (χ1v) is 12.4. The van der Waals surface area contributed by atoms with Gasteiger partial charge in [0, 0.05) is 12.1 Å². The number of carbonyl (C=O) groups excluding carboxylic acids is 1. The van der Waals surface area contributed by atoms with Crippen molar-refractivity contribution in [1.29, 1.82) is 0 Å². The van der Waals surface area contributed by atoms with Gasteiger partial charge in [0.2, 0.25) is 21.1 Å². The molecular formula is C22H23FN4O3S2. The molecule has 0 radical (unpaired) electrons. The summed E-state index contributed by atoms with van der Waals surface area (Å²) in [5.74, 6) is -0.788. The van der Waals surface area contributed by atoms with Crippen LogP contribution in [0.5, 0.6) is 0 Å². The molecule has 1 N–H and O–H groups in total. The number of benzene rings is 2. The third kappa shape index (κ3) is 4.30. The quantitative estimate of drug-likeness (QED) is 0.602. The summed E-state index contributed by atoms with van der Waals surface area (Å²) >= 11 is 1.15. The van der Waals surface area contributed by atoms with Crippen molar-refractivity contribution in [3.8, 4) is 10.6 Å². The van der Waals surface area contributed by atoms with Gasteiger partial charge in [-0.25, -0.2) is 12.8 Å². The molecule has 7 nitrogen and oxygen atoms in total. The Kier molecular flexibility index (Phi) is 6.11. The second kappa shape index (κ2) is 8.68. The summed E-state index contributed by atoms with van der Waals surface area (Å²) in [7, 11) is -3.84. The number of hydrogen-bond donors (Lipinski definition) is 1. The Morgan fingerprint density at radius 2 is 1.78 bits per heavy atom. The lowest BCUT2D eigenvalue weighted by molar-refractivity contribution is -0.119. The standard InChI is InChI=1S/C22H23FN4O3S2/c1-13-11-14(2)19(15(3)12-13)32(29,30)27-10-4-5-18(27)20(28)24-22-26-25-21(31-22)16-6-8-17(23)9-7-16/h6-9,11-12,18H,4-5,10H2,1-3H3,(H,24,26,28)/t18-/m1/s1. The van der Waals surface area contributed by atoms with Gasteiger partial charge in [0.25, 0.3) is 0 Å². The highest BCUT2D eigenvalue weighted by Crippen LogP contribution is 2.32. The Bertz CT molecular complexity index is 1250. The number of rotatable bonds is 5. The van der Waals surface area contributed by atoms with Gasteiger partial charge in [0.15, 0.2) is 0 Å². The van der Waals surface area contributed by atoms with Crippen molar-refractivity contribution >= 4 is 32.4 Å². The van der Waals surface area contributed by atoms with Gasteiger partial charge in [0.1, 0.15) is 16.9 Å². The lowest BCUT2D eigenvalue weighted by Crippen LogP contribution is -2.43. The molecular weight excluding hydrogens is 451 g/mol. The Morgan fingerprint density at radius 1 is 1.12 bits per heavy atom. The molecule has 1 atom stereocenters. The van der Waals surface area contributed by atoms with E-state index in [1.165, 1.54) is 16.4 Å². The average Bonchev–Trinajstić information content (AvgIpc) is 3.37. The van der Waals surface area contributed by atoms with Crippen LogP contribution in [0.25, 0.3) is 10.6 Å². The van der Waals surface area contributed by atoms with Gasteiger partial charge in [0.05, 0.1) is 4.90 Å². The molecule has 168 valence electrons. The average molecular weight is 475 g/mol. The van der Waals surface area contributed by atoms with E-state index in [9.17, 15) is 17.6 Å². The molecule has 2 aromatic carbocycles. The number of amides is 1. The van der Waals surface area contributed by atoms with Gasteiger partial charge in [-0.1, -0.05) is 29.0 Å². The molecule has 1 aliphatic heterocycles. The summed E-state index contributed by atoms with van der Waals surface area (Å²) in [6.07, 6.45) is 1.02. The van der Waals surface area contributed by atoms with E-state index >= 15 is 0 Å². The first-order valence-electron chi connectivity index (χ1n) is 10.2. The molecule has 0 bridgehead atoms. The molecule has 1 amide bonds. The second-order valence-corrected chi connectivity index (χ2v) is 10.7. The van der Waals surface area contributed by atoms with Crippen LogP contribution in [0.15, 0.2) is 41.3 Å². The van der Waals surface area contributed by atoms with Gasteiger partial charge >= 0.3 is 0 Å². The first kappa shape index (κ1) is 22.5. The minimum absolute atomic E-state index is 0.261. The van der Waals surface area contributed by atoms with Crippen molar-refractivity contribution in [2.75, 3.05) is 11.9 Å². The van der Waals surface area contributed by atoms with Crippen molar-refractivity contribution in [3.63, 3.8) is 0 Å². The van der Waals surface area contributed by atoms with Crippen molar-refractivity contribution in [3.05, 3.63) is 58.9 Å². The van der Waals surface area contributed by atoms with Gasteiger partial charge in [-0.05, 0) is 69.0 Å². The van der Waals surface area contributed by atoms with Crippen LogP contribution in [-0.2, 0) is 14.8 Å². The zero-order chi connectivity index (χ0) is 23.0. The van der Waals surface area contributed by atoms with E-state index in [1.54, 1.807) is 26.0 Å². The maximum Gasteiger partial charge on any atom is 0.244 e. The Hall–Kier alpha value is -2.69. The van der Waals surface area contributed by atoms with Crippen LogP contribution in [0.3, 0.4) is 0 Å². The van der Waals surface area contributed by atoms with Crippen LogP contribution in [-0.4, -0.2) is 41.4 Å². The van der Waals surface area contributed by atoms with Gasteiger partial charge in [-0.15, -0.1) is 10.2 Å². The van der Waals surface area contributed by atoms with E-state index in [1.807, 2.05) is 19.1 Å². The predicted molar refractivity (Wildman–Crippen MR) is 121 cm³/mol. The summed E-state index contributed by atoms with van der Waals surface area (Å²) in [6, 6.07) is 8.67. The normalized spacial score (nSPS) is 16.9. The molecule has 1 fully saturated rings. The van der Waals surface area contributed by atoms with E-state index in [0.717, 1.165) is 16.9 Å². The number of nitrogens with one attached hydrogen (secondary N) is 1. The van der Waals surface area contributed by atoms with Crippen LogP contribution in [0, 0.1) is 26.6 Å². The number of halogens is 1. The number of nitrogens with zero attached hydrogens (tertiary/aromatic N) is 3. The van der Waals surface area contributed by atoms with Crippen LogP contribution >= 0.6 is 11.3 Å². The minimum atomic E-state index is -3.84. The number of hydrogen-bond acceptors (Lipinski definition) is 6. The van der Waals surface area contributed by atoms with Crippen LogP contribution in [0.1, 0.15) is 29.5 Å². The molecule has 2 heterocycles. The third-order valence-corrected chi connectivity index (χ3v) is 8.53. The lowest BCUT2D eigenvalue weighted by Gasteiger charge is -2.25. The molecule has 10 heteroatoms. The second-order valence-electron chi connectivity index (χ2n) is 7.91. The summed E-state index contributed by atoms with van der Waals surface area (Å²) < 4.78 is 41.3. The van der Waals surface area contributed by atoms with Gasteiger partial charge in [-0.2, -0.15) is 4.31 Å². The van der Waals surface area contributed by atoms with Gasteiger partial charge in [-0.3, -0.25) is 10.1 Å². The summed E-state index contributed by atoms with van der Waals surface area (Å²) in [4.78, 5) is 13.3. The third-order valence-electron chi connectivity index (χ3n) is 5.42. The van der Waals surface area contributed by atoms with Gasteiger partial charge < -0.3 is 0 Å². The van der Waals surface area contributed by atoms with Crippen molar-refractivity contribution in [2.24, 2.45) is 0 Å². The van der Waals surface area contributed by atoms with Crippen molar-refractivity contribution in [2.45, 2.75) is 44.6 Å². The summed E-state index contributed by atoms with van der Waals surface area (Å²) in [6.45, 7) is 5.75. The number of carbonyl (C=O) groups is 1. The van der Waals surface area contributed by atoms with E-state index < -0.39 is 22.0 Å². The first-order chi connectivity index (χ1) is 15.2. The van der Waals surface area contributed by atoms with E-state index in [2.05, 4.69) is 15.5 Å². The largest absolute Gasteiger partial charge is 0.299 e. The summed E-state index contributed by atoms with van der Waals surface area (Å²) in [5.41, 5.74) is 3.01. The SMILES string of the molecule is Cc1cc(C)c(S(=O)(=O)N2CCC[C@@H]2C(=O)Nc2nnc(-c3ccc(F)cc3)s2)c(C)c1. The number of anilines is 1. The maximum absolute atomic E-state index is 13.5. The fourth-order valence-corrected chi connectivity index (χ4v) is 6.98. The minimum Gasteiger partial charge on any atom is -0.299 e. The fourth-order valence-electron chi connectivity index (χ4n) is 4.15. The molecule has 32 heavy (non-hydrogen) atoms. The zero-order valence-electron chi connectivity index (χ0n) is 17.9. The summed E-state index contributed by atoms with van der Waals surface area (Å²) in [5, 5.41) is 11.5. The van der Waals surface area contributed by atoms with E-state index in [0.29, 0.717) is 34.5 Å². The Balaban J connectivity index is 1.55. The number of aryl methyl sites for hydroxylation is 3. The van der Waals surface area contributed by atoms with Crippen LogP contribution in [0.4, 0.5) is 9.52 Å². The van der Waals surface area contributed by atoms with Crippen molar-refractivity contribution in [1.82, 2.24) is 14.5 Å². The molecule has 0 spiro atoms. The topological polar surface area (TPSA) is 92.3 Å². The monoisotopic (exact) mass is 474 g/mol. The van der Waals surface area contributed by atoms with E-state index in [4.69, 9.17) is 0 Å². The maximum atomic E-state index is 13.5. The van der Waals surface area contributed by atoms with E-state index in [-0.39, 0.29) is 22.4 Å². The van der Waals surface area contributed by atoms with Crippen LogP contribution < -0.4 is 5.32 Å². The molecule has 0 saturated carbocycles. The highest BCUT2D eigenvalue weighted by Gasteiger charge is 2.40. The highest BCUT2D eigenvalue weighted by atomic mass is 32.2. The molecule has 0 unspecified atom stereocenters. The zero-order valence-corrected chi connectivity index (χ0v) is 19.6. The molecule has 1 aliphatic rings. The molecule has 4 rings (SSSR count). The molecule has 1 aromatic heterocycles. The number of aromatic nitrogens is 2. The molecule has 3 aromatic rings. The van der Waals surface area contributed by atoms with Crippen LogP contribution in [0.2, 0.25) is 0 Å². The molecule has 1 saturated heterocycles. The lowest BCUT2D eigenvalue weighted by atomic mass is 10.1. The predicted octanol–water partition coefficient (Wildman–Crippen LogP) is 4.06.